The minimum atomic E-state index is -0.689. The number of aliphatic hydroxyl groups is 2. The normalized spacial score (nSPS) is 22.7. The van der Waals surface area contributed by atoms with Gasteiger partial charge in [0, 0.05) is 32.8 Å². The molecule has 6 nitrogen and oxygen atoms in total. The van der Waals surface area contributed by atoms with Gasteiger partial charge in [-0.1, -0.05) is 6.07 Å². The van der Waals surface area contributed by atoms with Crippen LogP contribution >= 0.6 is 22.7 Å². The first-order valence-corrected chi connectivity index (χ1v) is 10.3. The Morgan fingerprint density at radius 1 is 1.15 bits per heavy atom. The SMILES string of the molecule is OC[C@H]1O[C@@H](n2cnc3c(-c4ccc(-c5cccs5)s4)ccnc32)C[C@@H]1O. The second kappa shape index (κ2) is 6.81. The molecule has 138 valence electrons. The lowest BCUT2D eigenvalue weighted by atomic mass is 10.2. The number of ether oxygens (including phenoxy) is 1. The van der Waals surface area contributed by atoms with Crippen LogP contribution in [-0.2, 0) is 4.74 Å². The van der Waals surface area contributed by atoms with Gasteiger partial charge >= 0.3 is 0 Å². The first-order valence-electron chi connectivity index (χ1n) is 8.64. The molecule has 0 aromatic carbocycles. The number of nitrogens with zero attached hydrogens (tertiary/aromatic N) is 3. The maximum absolute atomic E-state index is 10.0. The van der Waals surface area contributed by atoms with Crippen molar-refractivity contribution < 1.29 is 14.9 Å². The molecule has 1 saturated heterocycles. The lowest BCUT2D eigenvalue weighted by Gasteiger charge is -2.13. The average molecular weight is 399 g/mol. The summed E-state index contributed by atoms with van der Waals surface area (Å²) < 4.78 is 7.60. The fourth-order valence-corrected chi connectivity index (χ4v) is 5.29. The monoisotopic (exact) mass is 399 g/mol. The van der Waals surface area contributed by atoms with E-state index in [9.17, 15) is 10.2 Å². The van der Waals surface area contributed by atoms with Crippen LogP contribution in [0.1, 0.15) is 12.6 Å². The van der Waals surface area contributed by atoms with E-state index in [0.29, 0.717) is 6.42 Å². The molecule has 0 saturated carbocycles. The minimum absolute atomic E-state index is 0.205. The van der Waals surface area contributed by atoms with Crippen molar-refractivity contribution in [1.82, 2.24) is 14.5 Å². The van der Waals surface area contributed by atoms with Crippen molar-refractivity contribution in [2.24, 2.45) is 0 Å². The fourth-order valence-electron chi connectivity index (χ4n) is 3.43. The van der Waals surface area contributed by atoms with Crippen LogP contribution < -0.4 is 0 Å². The molecule has 1 aliphatic heterocycles. The third-order valence-corrected chi connectivity index (χ3v) is 6.97. The number of imidazole rings is 1. The van der Waals surface area contributed by atoms with Crippen LogP contribution in [0, 0.1) is 0 Å². The van der Waals surface area contributed by atoms with Gasteiger partial charge in [-0.15, -0.1) is 22.7 Å². The second-order valence-electron chi connectivity index (χ2n) is 6.44. The Kier molecular flexibility index (Phi) is 4.30. The molecule has 0 spiro atoms. The Labute approximate surface area is 163 Å². The van der Waals surface area contributed by atoms with E-state index in [1.165, 1.54) is 9.75 Å². The molecule has 0 radical (unpaired) electrons. The number of thiophene rings is 2. The highest BCUT2D eigenvalue weighted by molar-refractivity contribution is 7.23. The van der Waals surface area contributed by atoms with Crippen LogP contribution in [0.5, 0.6) is 0 Å². The number of fused-ring (bicyclic) bond motifs is 1. The zero-order valence-electron chi connectivity index (χ0n) is 14.2. The van der Waals surface area contributed by atoms with Gasteiger partial charge in [-0.2, -0.15) is 0 Å². The molecular weight excluding hydrogens is 382 g/mol. The molecule has 4 aromatic heterocycles. The van der Waals surface area contributed by atoms with Crippen molar-refractivity contribution in [1.29, 1.82) is 0 Å². The zero-order valence-corrected chi connectivity index (χ0v) is 15.9. The molecule has 3 atom stereocenters. The molecule has 8 heteroatoms. The predicted molar refractivity (Wildman–Crippen MR) is 106 cm³/mol. The summed E-state index contributed by atoms with van der Waals surface area (Å²) in [7, 11) is 0. The quantitative estimate of drug-likeness (QED) is 0.549. The lowest BCUT2D eigenvalue weighted by Crippen LogP contribution is -2.24. The summed E-state index contributed by atoms with van der Waals surface area (Å²) in [5, 5.41) is 21.4. The van der Waals surface area contributed by atoms with Gasteiger partial charge < -0.3 is 14.9 Å². The van der Waals surface area contributed by atoms with Crippen LogP contribution in [0.25, 0.3) is 31.4 Å². The van der Waals surface area contributed by atoms with Gasteiger partial charge in [0.1, 0.15) is 17.8 Å². The molecule has 0 amide bonds. The molecule has 4 aromatic rings. The van der Waals surface area contributed by atoms with Gasteiger partial charge in [-0.05, 0) is 29.6 Å². The van der Waals surface area contributed by atoms with Crippen LogP contribution in [0.2, 0.25) is 0 Å². The maximum atomic E-state index is 10.0. The van der Waals surface area contributed by atoms with E-state index in [0.717, 1.165) is 21.6 Å². The number of pyridine rings is 1. The maximum Gasteiger partial charge on any atom is 0.162 e. The molecule has 2 N–H and O–H groups in total. The predicted octanol–water partition coefficient (Wildman–Crippen LogP) is 3.53. The number of aliphatic hydroxyl groups excluding tert-OH is 2. The van der Waals surface area contributed by atoms with Gasteiger partial charge in [-0.3, -0.25) is 4.57 Å². The standard InChI is InChI=1S/C19H17N3O3S2/c23-9-13-12(24)8-17(25-13)22-10-21-18-11(5-6-20-19(18)22)14-3-4-16(27-14)15-2-1-7-26-15/h1-7,10,12-13,17,23-24H,8-9H2/t12-,13+,17+/m0/s1. The summed E-state index contributed by atoms with van der Waals surface area (Å²) in [6.07, 6.45) is 2.24. The topological polar surface area (TPSA) is 80.4 Å². The average Bonchev–Trinajstić information content (AvgIpc) is 3.45. The molecule has 1 fully saturated rings. The molecule has 0 unspecified atom stereocenters. The molecule has 1 aliphatic rings. The van der Waals surface area contributed by atoms with Gasteiger partial charge in [0.2, 0.25) is 0 Å². The highest BCUT2D eigenvalue weighted by atomic mass is 32.1. The summed E-state index contributed by atoms with van der Waals surface area (Å²) >= 11 is 3.46. The summed E-state index contributed by atoms with van der Waals surface area (Å²) in [5.74, 6) is 0. The van der Waals surface area contributed by atoms with Crippen molar-refractivity contribution >= 4 is 33.8 Å². The van der Waals surface area contributed by atoms with E-state index in [2.05, 4.69) is 39.6 Å². The van der Waals surface area contributed by atoms with Gasteiger partial charge in [0.15, 0.2) is 5.65 Å². The van der Waals surface area contributed by atoms with Crippen LogP contribution in [0.15, 0.2) is 48.2 Å². The van der Waals surface area contributed by atoms with Gasteiger partial charge in [-0.25, -0.2) is 9.97 Å². The summed E-state index contributed by atoms with van der Waals surface area (Å²) in [6, 6.07) is 10.4. The highest BCUT2D eigenvalue weighted by Gasteiger charge is 2.35. The van der Waals surface area contributed by atoms with Crippen LogP contribution in [0.3, 0.4) is 0 Å². The fraction of sp³-hybridized carbons (Fsp3) is 0.263. The first-order chi connectivity index (χ1) is 13.2. The van der Waals surface area contributed by atoms with Crippen molar-refractivity contribution in [2.45, 2.75) is 24.9 Å². The van der Waals surface area contributed by atoms with E-state index in [1.54, 1.807) is 35.2 Å². The van der Waals surface area contributed by atoms with E-state index in [4.69, 9.17) is 4.74 Å². The molecule has 5 heterocycles. The summed E-state index contributed by atoms with van der Waals surface area (Å²) in [4.78, 5) is 12.7. The Morgan fingerprint density at radius 2 is 2.04 bits per heavy atom. The van der Waals surface area contributed by atoms with Crippen molar-refractivity contribution in [3.63, 3.8) is 0 Å². The number of hydrogen-bond donors (Lipinski definition) is 2. The lowest BCUT2D eigenvalue weighted by molar-refractivity contribution is -0.0432. The third-order valence-electron chi connectivity index (χ3n) is 4.79. The molecular formula is C19H17N3O3S2. The van der Waals surface area contributed by atoms with Crippen molar-refractivity contribution in [2.75, 3.05) is 6.61 Å². The summed E-state index contributed by atoms with van der Waals surface area (Å²) in [5.41, 5.74) is 2.56. The summed E-state index contributed by atoms with van der Waals surface area (Å²) in [6.45, 7) is -0.205. The third kappa shape index (κ3) is 2.90. The smallest absolute Gasteiger partial charge is 0.162 e. The number of hydrogen-bond acceptors (Lipinski definition) is 7. The molecule has 5 rings (SSSR count). The molecule has 27 heavy (non-hydrogen) atoms. The van der Waals surface area contributed by atoms with Crippen molar-refractivity contribution in [3.05, 3.63) is 48.2 Å². The minimum Gasteiger partial charge on any atom is -0.394 e. The largest absolute Gasteiger partial charge is 0.394 e. The Bertz CT molecular complexity index is 1070. The zero-order chi connectivity index (χ0) is 18.4. The van der Waals surface area contributed by atoms with E-state index in [-0.39, 0.29) is 12.8 Å². The van der Waals surface area contributed by atoms with Gasteiger partial charge in [0.05, 0.1) is 19.0 Å². The van der Waals surface area contributed by atoms with E-state index >= 15 is 0 Å². The first kappa shape index (κ1) is 17.0. The van der Waals surface area contributed by atoms with Gasteiger partial charge in [0.25, 0.3) is 0 Å². The van der Waals surface area contributed by atoms with E-state index < -0.39 is 12.2 Å². The Morgan fingerprint density at radius 3 is 2.81 bits per heavy atom. The highest BCUT2D eigenvalue weighted by Crippen LogP contribution is 2.39. The molecule has 0 aliphatic carbocycles. The Balaban J connectivity index is 1.53. The van der Waals surface area contributed by atoms with E-state index in [1.807, 2.05) is 10.6 Å². The van der Waals surface area contributed by atoms with Crippen LogP contribution in [-0.4, -0.2) is 43.6 Å². The number of rotatable bonds is 4. The van der Waals surface area contributed by atoms with Crippen molar-refractivity contribution in [3.8, 4) is 20.2 Å². The Hall–Kier alpha value is -2.10. The number of aromatic nitrogens is 3. The van der Waals surface area contributed by atoms with Crippen LogP contribution in [0.4, 0.5) is 0 Å². The molecule has 0 bridgehead atoms. The second-order valence-corrected chi connectivity index (χ2v) is 8.47.